The molecule has 0 aliphatic heterocycles. The molecular weight excluding hydrogens is 250 g/mol. The molecule has 4 heteroatoms. The number of nitrogens with zero attached hydrogens (tertiary/aromatic N) is 2. The van der Waals surface area contributed by atoms with Crippen molar-refractivity contribution >= 4 is 22.3 Å². The number of para-hydroxylation sites is 1. The van der Waals surface area contributed by atoms with Crippen LogP contribution in [0.15, 0.2) is 30.5 Å². The van der Waals surface area contributed by atoms with Crippen LogP contribution >= 0.6 is 0 Å². The summed E-state index contributed by atoms with van der Waals surface area (Å²) in [5.74, 6) is 0. The number of methoxy groups -OCH3 is 1. The summed E-state index contributed by atoms with van der Waals surface area (Å²) in [4.78, 5) is 6.77. The summed E-state index contributed by atoms with van der Waals surface area (Å²) in [6, 6.07) is 8.45. The number of anilines is 2. The molecule has 1 atom stereocenters. The zero-order valence-electron chi connectivity index (χ0n) is 12.5. The molecule has 0 aliphatic carbocycles. The number of rotatable bonds is 6. The molecule has 0 bridgehead atoms. The zero-order chi connectivity index (χ0) is 14.5. The average Bonchev–Trinajstić information content (AvgIpc) is 2.48. The summed E-state index contributed by atoms with van der Waals surface area (Å²) in [7, 11) is 1.73. The standard InChI is InChI=1S/C16H23N3O/c1-4-12(2)19(10-11-20-3)15-8-9-18-16-13(15)6-5-7-14(16)17/h5-9,12H,4,10-11,17H2,1-3H3. The fraction of sp³-hybridized carbons (Fsp3) is 0.438. The van der Waals surface area contributed by atoms with Gasteiger partial charge >= 0.3 is 0 Å². The van der Waals surface area contributed by atoms with E-state index in [4.69, 9.17) is 10.5 Å². The van der Waals surface area contributed by atoms with E-state index in [1.165, 1.54) is 5.69 Å². The first kappa shape index (κ1) is 14.6. The first-order valence-electron chi connectivity index (χ1n) is 7.07. The second kappa shape index (κ2) is 6.57. The van der Waals surface area contributed by atoms with E-state index in [0.717, 1.165) is 29.6 Å². The maximum Gasteiger partial charge on any atom is 0.0951 e. The smallest absolute Gasteiger partial charge is 0.0951 e. The summed E-state index contributed by atoms with van der Waals surface area (Å²) in [6.45, 7) is 5.99. The third-order valence-electron chi connectivity index (χ3n) is 3.75. The second-order valence-corrected chi connectivity index (χ2v) is 5.02. The van der Waals surface area contributed by atoms with Gasteiger partial charge in [0, 0.05) is 37.0 Å². The fourth-order valence-electron chi connectivity index (χ4n) is 2.42. The van der Waals surface area contributed by atoms with Crippen molar-refractivity contribution < 1.29 is 4.74 Å². The molecule has 0 amide bonds. The molecule has 1 aromatic carbocycles. The maximum absolute atomic E-state index is 6.03. The molecule has 0 radical (unpaired) electrons. The Bertz CT molecular complexity index is 571. The van der Waals surface area contributed by atoms with E-state index in [-0.39, 0.29) is 0 Å². The molecule has 2 rings (SSSR count). The highest BCUT2D eigenvalue weighted by molar-refractivity contribution is 5.98. The highest BCUT2D eigenvalue weighted by atomic mass is 16.5. The van der Waals surface area contributed by atoms with E-state index in [9.17, 15) is 0 Å². The number of benzene rings is 1. The molecule has 0 saturated carbocycles. The Morgan fingerprint density at radius 3 is 2.85 bits per heavy atom. The monoisotopic (exact) mass is 273 g/mol. The summed E-state index contributed by atoms with van der Waals surface area (Å²) >= 11 is 0. The van der Waals surface area contributed by atoms with Gasteiger partial charge in [-0.3, -0.25) is 4.98 Å². The predicted molar refractivity (Wildman–Crippen MR) is 85.1 cm³/mol. The Morgan fingerprint density at radius 2 is 2.15 bits per heavy atom. The molecule has 2 aromatic rings. The molecule has 0 saturated heterocycles. The van der Waals surface area contributed by atoms with Crippen LogP contribution in [0.4, 0.5) is 11.4 Å². The number of ether oxygens (including phenoxy) is 1. The summed E-state index contributed by atoms with van der Waals surface area (Å²) in [6.07, 6.45) is 2.91. The Morgan fingerprint density at radius 1 is 1.35 bits per heavy atom. The molecule has 20 heavy (non-hydrogen) atoms. The van der Waals surface area contributed by atoms with Crippen LogP contribution in [0.1, 0.15) is 20.3 Å². The number of hydrogen-bond acceptors (Lipinski definition) is 4. The van der Waals surface area contributed by atoms with Crippen molar-refractivity contribution in [2.45, 2.75) is 26.3 Å². The third kappa shape index (κ3) is 2.85. The first-order chi connectivity index (χ1) is 9.69. The van der Waals surface area contributed by atoms with Crippen LogP contribution < -0.4 is 10.6 Å². The number of fused-ring (bicyclic) bond motifs is 1. The normalized spacial score (nSPS) is 12.6. The van der Waals surface area contributed by atoms with Gasteiger partial charge < -0.3 is 15.4 Å². The highest BCUT2D eigenvalue weighted by Crippen LogP contribution is 2.30. The topological polar surface area (TPSA) is 51.4 Å². The van der Waals surface area contributed by atoms with E-state index < -0.39 is 0 Å². The molecule has 0 aliphatic rings. The first-order valence-corrected chi connectivity index (χ1v) is 7.07. The molecule has 4 nitrogen and oxygen atoms in total. The second-order valence-electron chi connectivity index (χ2n) is 5.02. The maximum atomic E-state index is 6.03. The zero-order valence-corrected chi connectivity index (χ0v) is 12.5. The fourth-order valence-corrected chi connectivity index (χ4v) is 2.42. The van der Waals surface area contributed by atoms with Crippen LogP contribution in [-0.2, 0) is 4.74 Å². The molecule has 2 N–H and O–H groups in total. The Hall–Kier alpha value is -1.81. The van der Waals surface area contributed by atoms with Gasteiger partial charge in [0.15, 0.2) is 0 Å². The van der Waals surface area contributed by atoms with Gasteiger partial charge in [0.2, 0.25) is 0 Å². The van der Waals surface area contributed by atoms with Gasteiger partial charge in [-0.15, -0.1) is 0 Å². The average molecular weight is 273 g/mol. The Kier molecular flexibility index (Phi) is 4.79. The molecule has 1 heterocycles. The number of aromatic nitrogens is 1. The highest BCUT2D eigenvalue weighted by Gasteiger charge is 2.16. The lowest BCUT2D eigenvalue weighted by atomic mass is 10.1. The van der Waals surface area contributed by atoms with Crippen LogP contribution in [0.3, 0.4) is 0 Å². The van der Waals surface area contributed by atoms with Crippen molar-refractivity contribution in [2.75, 3.05) is 30.9 Å². The minimum absolute atomic E-state index is 0.442. The molecule has 1 unspecified atom stereocenters. The van der Waals surface area contributed by atoms with Crippen molar-refractivity contribution in [3.8, 4) is 0 Å². The molecular formula is C16H23N3O. The predicted octanol–water partition coefficient (Wildman–Crippen LogP) is 3.07. The third-order valence-corrected chi connectivity index (χ3v) is 3.75. The SMILES string of the molecule is CCC(C)N(CCOC)c1ccnc2c(N)cccc12. The Labute approximate surface area is 120 Å². The van der Waals surface area contributed by atoms with Crippen molar-refractivity contribution in [2.24, 2.45) is 0 Å². The van der Waals surface area contributed by atoms with Crippen LogP contribution in [0.25, 0.3) is 10.9 Å². The minimum Gasteiger partial charge on any atom is -0.397 e. The van der Waals surface area contributed by atoms with E-state index >= 15 is 0 Å². The van der Waals surface area contributed by atoms with E-state index in [1.54, 1.807) is 7.11 Å². The number of hydrogen-bond donors (Lipinski definition) is 1. The van der Waals surface area contributed by atoms with Gasteiger partial charge in [0.25, 0.3) is 0 Å². The molecule has 108 valence electrons. The largest absolute Gasteiger partial charge is 0.397 e. The van der Waals surface area contributed by atoms with Gasteiger partial charge in [-0.05, 0) is 25.5 Å². The molecule has 0 fully saturated rings. The number of nitrogen functional groups attached to an aromatic ring is 1. The van der Waals surface area contributed by atoms with E-state index in [0.29, 0.717) is 12.6 Å². The molecule has 0 spiro atoms. The van der Waals surface area contributed by atoms with E-state index in [2.05, 4.69) is 35.9 Å². The lowest BCUT2D eigenvalue weighted by Gasteiger charge is -2.31. The van der Waals surface area contributed by atoms with Gasteiger partial charge in [-0.1, -0.05) is 19.1 Å². The van der Waals surface area contributed by atoms with Crippen molar-refractivity contribution in [1.82, 2.24) is 4.98 Å². The van der Waals surface area contributed by atoms with E-state index in [1.807, 2.05) is 18.3 Å². The van der Waals surface area contributed by atoms with Gasteiger partial charge in [0.05, 0.1) is 17.8 Å². The van der Waals surface area contributed by atoms with Crippen molar-refractivity contribution in [3.05, 3.63) is 30.5 Å². The van der Waals surface area contributed by atoms with Crippen molar-refractivity contribution in [3.63, 3.8) is 0 Å². The number of nitrogens with two attached hydrogens (primary N) is 1. The van der Waals surface area contributed by atoms with Gasteiger partial charge in [-0.25, -0.2) is 0 Å². The molecule has 1 aromatic heterocycles. The van der Waals surface area contributed by atoms with Crippen LogP contribution in [-0.4, -0.2) is 31.3 Å². The quantitative estimate of drug-likeness (QED) is 0.822. The van der Waals surface area contributed by atoms with Gasteiger partial charge in [0.1, 0.15) is 0 Å². The van der Waals surface area contributed by atoms with Crippen molar-refractivity contribution in [1.29, 1.82) is 0 Å². The lowest BCUT2D eigenvalue weighted by Crippen LogP contribution is -2.35. The number of pyridine rings is 1. The van der Waals surface area contributed by atoms with Crippen LogP contribution in [0.5, 0.6) is 0 Å². The van der Waals surface area contributed by atoms with Gasteiger partial charge in [-0.2, -0.15) is 0 Å². The summed E-state index contributed by atoms with van der Waals surface area (Å²) < 4.78 is 5.24. The lowest BCUT2D eigenvalue weighted by molar-refractivity contribution is 0.203. The van der Waals surface area contributed by atoms with Crippen LogP contribution in [0, 0.1) is 0 Å². The minimum atomic E-state index is 0.442. The van der Waals surface area contributed by atoms with Crippen LogP contribution in [0.2, 0.25) is 0 Å². The summed E-state index contributed by atoms with van der Waals surface area (Å²) in [5.41, 5.74) is 8.80. The Balaban J connectivity index is 2.49. The summed E-state index contributed by atoms with van der Waals surface area (Å²) in [5, 5.41) is 1.10.